The maximum Gasteiger partial charge on any atom is 0.338 e. The van der Waals surface area contributed by atoms with E-state index in [9.17, 15) is 9.59 Å². The van der Waals surface area contributed by atoms with E-state index in [1.54, 1.807) is 29.7 Å². The van der Waals surface area contributed by atoms with Gasteiger partial charge in [0, 0.05) is 34.4 Å². The van der Waals surface area contributed by atoms with Crippen LogP contribution in [0.1, 0.15) is 34.0 Å². The van der Waals surface area contributed by atoms with Crippen molar-refractivity contribution in [3.8, 4) is 16.9 Å². The Morgan fingerprint density at radius 3 is 2.86 bits per heavy atom. The summed E-state index contributed by atoms with van der Waals surface area (Å²) >= 11 is 2.88. The number of rotatable bonds is 8. The van der Waals surface area contributed by atoms with Crippen LogP contribution in [0.15, 0.2) is 64.4 Å². The highest BCUT2D eigenvalue weighted by Crippen LogP contribution is 2.36. The van der Waals surface area contributed by atoms with Gasteiger partial charge in [0.15, 0.2) is 11.9 Å². The smallest absolute Gasteiger partial charge is 0.338 e. The van der Waals surface area contributed by atoms with Gasteiger partial charge in [-0.05, 0) is 31.5 Å². The molecule has 0 spiro atoms. The van der Waals surface area contributed by atoms with Gasteiger partial charge in [-0.1, -0.05) is 47.7 Å². The van der Waals surface area contributed by atoms with E-state index in [0.29, 0.717) is 45.6 Å². The monoisotopic (exact) mass is 534 g/mol. The Labute approximate surface area is 222 Å². The van der Waals surface area contributed by atoms with Crippen LogP contribution < -0.4 is 10.3 Å². The highest BCUT2D eigenvalue weighted by Gasteiger charge is 2.22. The minimum atomic E-state index is -0.396. The molecule has 0 unspecified atom stereocenters. The maximum atomic E-state index is 13.7. The maximum absolute atomic E-state index is 13.7. The second kappa shape index (κ2) is 10.9. The summed E-state index contributed by atoms with van der Waals surface area (Å²) in [5.41, 5.74) is 4.99. The minimum absolute atomic E-state index is 0.101. The summed E-state index contributed by atoms with van der Waals surface area (Å²) in [4.78, 5) is 31.7. The van der Waals surface area contributed by atoms with Crippen molar-refractivity contribution < 1.29 is 19.0 Å². The van der Waals surface area contributed by atoms with E-state index in [2.05, 4.69) is 6.58 Å². The summed E-state index contributed by atoms with van der Waals surface area (Å²) in [5.74, 6) is 0.747. The molecule has 0 saturated heterocycles. The van der Waals surface area contributed by atoms with Crippen LogP contribution in [0.3, 0.4) is 0 Å². The van der Waals surface area contributed by atoms with Crippen LogP contribution >= 0.6 is 23.1 Å². The molecule has 190 valence electrons. The van der Waals surface area contributed by atoms with Gasteiger partial charge < -0.3 is 14.2 Å². The molecule has 0 N–H and O–H groups in total. The molecule has 2 aromatic heterocycles. The summed E-state index contributed by atoms with van der Waals surface area (Å²) in [6, 6.07) is 11.7. The van der Waals surface area contributed by atoms with Gasteiger partial charge in [0.05, 0.1) is 24.2 Å². The molecule has 0 fully saturated rings. The van der Waals surface area contributed by atoms with Crippen LogP contribution in [0.4, 0.5) is 0 Å². The zero-order valence-electron chi connectivity index (χ0n) is 20.6. The largest absolute Gasteiger partial charge is 0.467 e. The van der Waals surface area contributed by atoms with Crippen molar-refractivity contribution in [2.24, 2.45) is 0 Å². The van der Waals surface area contributed by atoms with Crippen LogP contribution in [0.2, 0.25) is 0 Å². The third kappa shape index (κ3) is 5.07. The summed E-state index contributed by atoms with van der Waals surface area (Å²) in [7, 11) is 0. The highest BCUT2D eigenvalue weighted by atomic mass is 32.2. The molecule has 9 heteroatoms. The van der Waals surface area contributed by atoms with Crippen LogP contribution in [-0.4, -0.2) is 28.9 Å². The molecule has 0 bridgehead atoms. The van der Waals surface area contributed by atoms with Crippen LogP contribution in [0.5, 0.6) is 5.75 Å². The predicted octanol–water partition coefficient (Wildman–Crippen LogP) is 5.95. The quantitative estimate of drug-likeness (QED) is 0.120. The predicted molar refractivity (Wildman–Crippen MR) is 146 cm³/mol. The first-order valence-corrected chi connectivity index (χ1v) is 13.7. The molecule has 1 aliphatic heterocycles. The van der Waals surface area contributed by atoms with Crippen LogP contribution in [-0.2, 0) is 28.4 Å². The molecule has 0 radical (unpaired) electrons. The normalized spacial score (nSPS) is 12.7. The Morgan fingerprint density at radius 2 is 2.11 bits per heavy atom. The Balaban J connectivity index is 1.53. The molecule has 0 amide bonds. The van der Waals surface area contributed by atoms with Crippen molar-refractivity contribution >= 4 is 39.3 Å². The second-order valence-electron chi connectivity index (χ2n) is 8.54. The second-order valence-corrected chi connectivity index (χ2v) is 10.3. The van der Waals surface area contributed by atoms with Gasteiger partial charge in [0.2, 0.25) is 0 Å². The number of thioether (sulfide) groups is 1. The van der Waals surface area contributed by atoms with E-state index in [1.165, 1.54) is 23.1 Å². The van der Waals surface area contributed by atoms with Crippen molar-refractivity contribution in [1.29, 1.82) is 0 Å². The fourth-order valence-electron chi connectivity index (χ4n) is 4.23. The minimum Gasteiger partial charge on any atom is -0.467 e. The fraction of sp³-hybridized carbons (Fsp3) is 0.250. The standard InChI is InChI=1S/C28H26N2O5S2/c1-4-10-30-26(31)23-22(18-8-6-17(3)7-9-18)15-36-25(23)29-28(30)37-14-21-12-19(27(32)34-5-2)11-20-13-33-16-35-24(20)21/h4,6-9,11-12,15H,1,5,10,13-14,16H2,2-3H3. The molecule has 1 aliphatic rings. The van der Waals surface area contributed by atoms with E-state index < -0.39 is 5.97 Å². The first-order valence-electron chi connectivity index (χ1n) is 11.9. The first-order chi connectivity index (χ1) is 18.0. The number of thiophene rings is 1. The van der Waals surface area contributed by atoms with E-state index in [0.717, 1.165) is 27.8 Å². The number of allylic oxidation sites excluding steroid dienone is 1. The molecule has 3 heterocycles. The number of carbonyl (C=O) groups is 1. The van der Waals surface area contributed by atoms with E-state index >= 15 is 0 Å². The van der Waals surface area contributed by atoms with Gasteiger partial charge in [-0.25, -0.2) is 9.78 Å². The molecule has 0 saturated carbocycles. The zero-order chi connectivity index (χ0) is 25.9. The fourth-order valence-corrected chi connectivity index (χ4v) is 6.20. The number of hydrogen-bond acceptors (Lipinski definition) is 8. The van der Waals surface area contributed by atoms with E-state index in [4.69, 9.17) is 19.2 Å². The van der Waals surface area contributed by atoms with Gasteiger partial charge in [0.1, 0.15) is 10.6 Å². The molecular formula is C28H26N2O5S2. The number of aryl methyl sites for hydroxylation is 1. The van der Waals surface area contributed by atoms with Gasteiger partial charge in [-0.2, -0.15) is 0 Å². The number of nitrogens with zero attached hydrogens (tertiary/aromatic N) is 2. The zero-order valence-corrected chi connectivity index (χ0v) is 22.2. The lowest BCUT2D eigenvalue weighted by molar-refractivity contribution is -0.0169. The highest BCUT2D eigenvalue weighted by molar-refractivity contribution is 7.98. The van der Waals surface area contributed by atoms with Gasteiger partial charge in [-0.15, -0.1) is 17.9 Å². The Kier molecular flexibility index (Phi) is 7.45. The molecule has 7 nitrogen and oxygen atoms in total. The molecule has 0 atom stereocenters. The number of hydrogen-bond donors (Lipinski definition) is 0. The Morgan fingerprint density at radius 1 is 1.30 bits per heavy atom. The van der Waals surface area contributed by atoms with Gasteiger partial charge >= 0.3 is 5.97 Å². The number of aromatic nitrogens is 2. The van der Waals surface area contributed by atoms with E-state index in [1.807, 2.05) is 36.6 Å². The lowest BCUT2D eigenvalue weighted by Crippen LogP contribution is -2.22. The van der Waals surface area contributed by atoms with Crippen LogP contribution in [0.25, 0.3) is 21.3 Å². The Bertz CT molecular complexity index is 1540. The number of fused-ring (bicyclic) bond motifs is 2. The van der Waals surface area contributed by atoms with Crippen molar-refractivity contribution in [2.75, 3.05) is 13.4 Å². The molecule has 0 aliphatic carbocycles. The van der Waals surface area contributed by atoms with Crippen LogP contribution in [0, 0.1) is 6.92 Å². The van der Waals surface area contributed by atoms with Crippen molar-refractivity contribution in [1.82, 2.24) is 9.55 Å². The van der Waals surface area contributed by atoms with Gasteiger partial charge in [0.25, 0.3) is 5.56 Å². The van der Waals surface area contributed by atoms with Crippen molar-refractivity contribution in [2.45, 2.75) is 37.9 Å². The summed E-state index contributed by atoms with van der Waals surface area (Å²) in [6.07, 6.45) is 1.70. The molecule has 2 aromatic carbocycles. The first kappa shape index (κ1) is 25.3. The molecule has 37 heavy (non-hydrogen) atoms. The third-order valence-electron chi connectivity index (χ3n) is 5.99. The van der Waals surface area contributed by atoms with Gasteiger partial charge in [-0.3, -0.25) is 9.36 Å². The summed E-state index contributed by atoms with van der Waals surface area (Å²) in [6.45, 7) is 8.76. The van der Waals surface area contributed by atoms with E-state index in [-0.39, 0.29) is 19.0 Å². The summed E-state index contributed by atoms with van der Waals surface area (Å²) in [5, 5.41) is 3.18. The van der Waals surface area contributed by atoms with Crippen molar-refractivity contribution in [3.63, 3.8) is 0 Å². The number of esters is 1. The molecular weight excluding hydrogens is 508 g/mol. The number of benzene rings is 2. The molecule has 5 rings (SSSR count). The number of ether oxygens (including phenoxy) is 3. The third-order valence-corrected chi connectivity index (χ3v) is 7.89. The SMILES string of the molecule is C=CCn1c(SCc2cc(C(=O)OCC)cc3c2OCOC3)nc2scc(-c3ccc(C)cc3)c2c1=O. The number of carbonyl (C=O) groups excluding carboxylic acids is 1. The lowest BCUT2D eigenvalue weighted by atomic mass is 10.0. The molecule has 4 aromatic rings. The topological polar surface area (TPSA) is 79.7 Å². The average Bonchev–Trinajstić information content (AvgIpc) is 3.33. The summed E-state index contributed by atoms with van der Waals surface area (Å²) < 4.78 is 18.1. The van der Waals surface area contributed by atoms with Crippen molar-refractivity contribution in [3.05, 3.63) is 87.0 Å². The lowest BCUT2D eigenvalue weighted by Gasteiger charge is -2.21. The Hall–Kier alpha value is -3.40. The average molecular weight is 535 g/mol.